The number of hydrogen-bond acceptors (Lipinski definition) is 3. The van der Waals surface area contributed by atoms with E-state index < -0.39 is 5.54 Å². The Morgan fingerprint density at radius 1 is 1.15 bits per heavy atom. The fourth-order valence-electron chi connectivity index (χ4n) is 5.14. The summed E-state index contributed by atoms with van der Waals surface area (Å²) in [7, 11) is 0. The van der Waals surface area contributed by atoms with E-state index in [0.717, 1.165) is 42.3 Å². The van der Waals surface area contributed by atoms with Crippen molar-refractivity contribution in [2.45, 2.75) is 64.2 Å². The van der Waals surface area contributed by atoms with Gasteiger partial charge >= 0.3 is 0 Å². The number of benzene rings is 2. The van der Waals surface area contributed by atoms with Gasteiger partial charge in [0.05, 0.1) is 17.6 Å². The summed E-state index contributed by atoms with van der Waals surface area (Å²) >= 11 is 6.21. The monoisotopic (exact) mass is 464 g/mol. The largest absolute Gasteiger partial charge is 0.351 e. The number of hydrogen-bond donors (Lipinski definition) is 1. The molecule has 0 radical (unpaired) electrons. The molecule has 1 aromatic heterocycles. The molecule has 2 aliphatic rings. The number of fused-ring (bicyclic) bond motifs is 3. The summed E-state index contributed by atoms with van der Waals surface area (Å²) in [6.45, 7) is 4.77. The Kier molecular flexibility index (Phi) is 5.65. The highest BCUT2D eigenvalue weighted by atomic mass is 35.5. The molecule has 1 atom stereocenters. The SMILES string of the molecule is CC1CCC(NC(=O)[C@@]2(C)Cn3c(nc4ccccc43)C(=O)N2Cc2cccc(Cl)c2)CC1. The molecule has 1 N–H and O–H groups in total. The molecule has 0 spiro atoms. The van der Waals surface area contributed by atoms with Crippen LogP contribution in [0.5, 0.6) is 0 Å². The van der Waals surface area contributed by atoms with Crippen LogP contribution in [0, 0.1) is 5.92 Å². The zero-order chi connectivity index (χ0) is 23.2. The van der Waals surface area contributed by atoms with Crippen LogP contribution < -0.4 is 5.32 Å². The molecule has 1 aliphatic heterocycles. The van der Waals surface area contributed by atoms with Crippen LogP contribution in [-0.4, -0.2) is 37.8 Å². The van der Waals surface area contributed by atoms with Gasteiger partial charge in [0, 0.05) is 17.6 Å². The Morgan fingerprint density at radius 2 is 1.91 bits per heavy atom. The van der Waals surface area contributed by atoms with Crippen molar-refractivity contribution in [2.75, 3.05) is 0 Å². The Balaban J connectivity index is 1.53. The van der Waals surface area contributed by atoms with Gasteiger partial charge in [0.2, 0.25) is 5.91 Å². The Morgan fingerprint density at radius 3 is 2.67 bits per heavy atom. The lowest BCUT2D eigenvalue weighted by Crippen LogP contribution is -2.64. The van der Waals surface area contributed by atoms with Gasteiger partial charge in [0.15, 0.2) is 5.82 Å². The second-order valence-corrected chi connectivity index (χ2v) is 10.2. The number of aromatic nitrogens is 2. The number of nitrogens with one attached hydrogen (secondary N) is 1. The first-order valence-corrected chi connectivity index (χ1v) is 12.1. The van der Waals surface area contributed by atoms with E-state index in [1.54, 1.807) is 11.0 Å². The highest BCUT2D eigenvalue weighted by molar-refractivity contribution is 6.30. The molecule has 2 aromatic carbocycles. The smallest absolute Gasteiger partial charge is 0.291 e. The topological polar surface area (TPSA) is 67.2 Å². The van der Waals surface area contributed by atoms with E-state index in [0.29, 0.717) is 23.3 Å². The molecule has 5 rings (SSSR count). The van der Waals surface area contributed by atoms with Crippen LogP contribution in [-0.2, 0) is 17.9 Å². The van der Waals surface area contributed by atoms with Crippen LogP contribution in [0.25, 0.3) is 11.0 Å². The van der Waals surface area contributed by atoms with Crippen LogP contribution in [0.15, 0.2) is 48.5 Å². The Bertz CT molecular complexity index is 1210. The van der Waals surface area contributed by atoms with Gasteiger partial charge in [-0.2, -0.15) is 0 Å². The maximum atomic E-state index is 13.8. The number of nitrogens with zero attached hydrogens (tertiary/aromatic N) is 3. The van der Waals surface area contributed by atoms with Gasteiger partial charge in [-0.15, -0.1) is 0 Å². The third-order valence-corrected chi connectivity index (χ3v) is 7.46. The molecule has 3 aromatic rings. The lowest BCUT2D eigenvalue weighted by Gasteiger charge is -2.44. The van der Waals surface area contributed by atoms with Crippen molar-refractivity contribution in [3.63, 3.8) is 0 Å². The van der Waals surface area contributed by atoms with Crippen molar-refractivity contribution in [1.82, 2.24) is 19.8 Å². The summed E-state index contributed by atoms with van der Waals surface area (Å²) in [5.41, 5.74) is 1.45. The van der Waals surface area contributed by atoms with E-state index in [1.165, 1.54) is 0 Å². The zero-order valence-corrected chi connectivity index (χ0v) is 19.8. The first kappa shape index (κ1) is 22.0. The van der Waals surface area contributed by atoms with E-state index in [9.17, 15) is 9.59 Å². The van der Waals surface area contributed by atoms with Gasteiger partial charge in [0.25, 0.3) is 5.91 Å². The minimum Gasteiger partial charge on any atom is -0.351 e. The van der Waals surface area contributed by atoms with Crippen LogP contribution >= 0.6 is 11.6 Å². The highest BCUT2D eigenvalue weighted by Crippen LogP contribution is 2.33. The van der Waals surface area contributed by atoms with E-state index >= 15 is 0 Å². The number of para-hydroxylation sites is 2. The van der Waals surface area contributed by atoms with Crippen molar-refractivity contribution >= 4 is 34.4 Å². The standard InChI is InChI=1S/C26H29ClN4O2/c1-17-10-12-20(13-11-17)28-25(33)26(2)16-30-22-9-4-3-8-21(22)29-23(30)24(32)31(26)15-18-6-5-7-19(27)14-18/h3-9,14,17,20H,10-13,15-16H2,1-2H3,(H,28,33)/t17?,20?,26-/m1/s1. The molecule has 0 saturated heterocycles. The van der Waals surface area contributed by atoms with E-state index in [-0.39, 0.29) is 24.4 Å². The Labute approximate surface area is 198 Å². The summed E-state index contributed by atoms with van der Waals surface area (Å²) in [6, 6.07) is 15.3. The van der Waals surface area contributed by atoms with Crippen molar-refractivity contribution in [3.8, 4) is 0 Å². The lowest BCUT2D eigenvalue weighted by atomic mass is 9.86. The third-order valence-electron chi connectivity index (χ3n) is 7.22. The van der Waals surface area contributed by atoms with Gasteiger partial charge in [0.1, 0.15) is 5.54 Å². The zero-order valence-electron chi connectivity index (χ0n) is 19.1. The second-order valence-electron chi connectivity index (χ2n) is 9.74. The molecule has 1 fully saturated rings. The number of rotatable bonds is 4. The summed E-state index contributed by atoms with van der Waals surface area (Å²) in [4.78, 5) is 33.8. The average molecular weight is 465 g/mol. The molecule has 1 saturated carbocycles. The van der Waals surface area contributed by atoms with Crippen molar-refractivity contribution in [2.24, 2.45) is 5.92 Å². The predicted octanol–water partition coefficient (Wildman–Crippen LogP) is 4.80. The Hall–Kier alpha value is -2.86. The van der Waals surface area contributed by atoms with E-state index in [2.05, 4.69) is 17.2 Å². The molecule has 33 heavy (non-hydrogen) atoms. The molecule has 7 heteroatoms. The fraction of sp³-hybridized carbons (Fsp3) is 0.423. The average Bonchev–Trinajstić information content (AvgIpc) is 3.17. The van der Waals surface area contributed by atoms with Gasteiger partial charge in [-0.05, 0) is 68.4 Å². The summed E-state index contributed by atoms with van der Waals surface area (Å²) in [5.74, 6) is 0.715. The van der Waals surface area contributed by atoms with Gasteiger partial charge in [-0.3, -0.25) is 9.59 Å². The van der Waals surface area contributed by atoms with Gasteiger partial charge in [-0.25, -0.2) is 4.98 Å². The molecule has 2 heterocycles. The molecule has 2 amide bonds. The molecule has 0 bridgehead atoms. The molecule has 172 valence electrons. The lowest BCUT2D eigenvalue weighted by molar-refractivity contribution is -0.134. The normalized spacial score (nSPS) is 25.2. The van der Waals surface area contributed by atoms with E-state index in [4.69, 9.17) is 11.6 Å². The summed E-state index contributed by atoms with van der Waals surface area (Å²) in [6.07, 6.45) is 4.18. The third kappa shape index (κ3) is 4.01. The van der Waals surface area contributed by atoms with Crippen molar-refractivity contribution < 1.29 is 9.59 Å². The van der Waals surface area contributed by atoms with Crippen LogP contribution in [0.2, 0.25) is 5.02 Å². The quantitative estimate of drug-likeness (QED) is 0.603. The molecule has 6 nitrogen and oxygen atoms in total. The van der Waals surface area contributed by atoms with Crippen LogP contribution in [0.4, 0.5) is 0 Å². The molecular formula is C26H29ClN4O2. The molecular weight excluding hydrogens is 436 g/mol. The van der Waals surface area contributed by atoms with Gasteiger partial charge in [-0.1, -0.05) is 42.8 Å². The van der Waals surface area contributed by atoms with Crippen molar-refractivity contribution in [3.05, 3.63) is 64.9 Å². The van der Waals surface area contributed by atoms with Crippen LogP contribution in [0.3, 0.4) is 0 Å². The van der Waals surface area contributed by atoms with Crippen LogP contribution in [0.1, 0.15) is 55.7 Å². The van der Waals surface area contributed by atoms with Crippen molar-refractivity contribution in [1.29, 1.82) is 0 Å². The minimum atomic E-state index is -1.06. The number of amides is 2. The van der Waals surface area contributed by atoms with E-state index in [1.807, 2.05) is 54.0 Å². The fourth-order valence-corrected chi connectivity index (χ4v) is 5.35. The number of halogens is 1. The summed E-state index contributed by atoms with van der Waals surface area (Å²) in [5, 5.41) is 3.88. The first-order chi connectivity index (χ1) is 15.8. The number of imidazole rings is 1. The second kappa shape index (κ2) is 8.49. The predicted molar refractivity (Wildman–Crippen MR) is 129 cm³/mol. The maximum Gasteiger partial charge on any atom is 0.291 e. The first-order valence-electron chi connectivity index (χ1n) is 11.7. The van der Waals surface area contributed by atoms with Gasteiger partial charge < -0.3 is 14.8 Å². The molecule has 1 aliphatic carbocycles. The minimum absolute atomic E-state index is 0.110. The number of carbonyl (C=O) groups excluding carboxylic acids is 2. The summed E-state index contributed by atoms with van der Waals surface area (Å²) < 4.78 is 1.90. The highest BCUT2D eigenvalue weighted by Gasteiger charge is 2.48. The maximum absolute atomic E-state index is 13.8. The number of carbonyl (C=O) groups is 2. The molecule has 0 unspecified atom stereocenters.